The minimum atomic E-state index is -1.26. The molecule has 4 heteroatoms. The Balaban J connectivity index is 3.15. The largest absolute Gasteiger partial charge is 0.387 e. The third kappa shape index (κ3) is 2.20. The molecule has 0 aliphatic carbocycles. The first-order valence-electron chi connectivity index (χ1n) is 4.99. The molecule has 1 aromatic carbocycles. The highest BCUT2D eigenvalue weighted by Gasteiger charge is 2.34. The maximum atomic E-state index is 13.4. The first-order valence-corrected chi connectivity index (χ1v) is 4.99. The van der Waals surface area contributed by atoms with Gasteiger partial charge in [0.05, 0.1) is 11.5 Å². The van der Waals surface area contributed by atoms with E-state index in [4.69, 9.17) is 5.26 Å². The minimum Gasteiger partial charge on any atom is -0.387 e. The summed E-state index contributed by atoms with van der Waals surface area (Å²) >= 11 is 0. The van der Waals surface area contributed by atoms with Crippen LogP contribution in [0, 0.1) is 28.4 Å². The number of hydrogen-bond donors (Lipinski definition) is 1. The molecule has 1 rings (SSSR count). The molecule has 0 aromatic heterocycles. The highest BCUT2D eigenvalue weighted by molar-refractivity contribution is 5.24. The first kappa shape index (κ1) is 12.6. The molecule has 0 saturated carbocycles. The maximum Gasteiger partial charge on any atom is 0.131 e. The Bertz CT molecular complexity index is 428. The molecular weight excluding hydrogens is 212 g/mol. The van der Waals surface area contributed by atoms with Gasteiger partial charge < -0.3 is 5.11 Å². The zero-order valence-electron chi connectivity index (χ0n) is 9.17. The van der Waals surface area contributed by atoms with E-state index in [2.05, 4.69) is 0 Å². The molecule has 1 aromatic rings. The van der Waals surface area contributed by atoms with E-state index in [1.807, 2.05) is 6.07 Å². The van der Waals surface area contributed by atoms with E-state index < -0.39 is 23.2 Å². The van der Waals surface area contributed by atoms with E-state index in [1.165, 1.54) is 6.07 Å². The molecule has 0 aliphatic rings. The molecule has 0 amide bonds. The van der Waals surface area contributed by atoms with E-state index in [9.17, 15) is 13.9 Å². The van der Waals surface area contributed by atoms with Crippen molar-refractivity contribution < 1.29 is 13.9 Å². The Morgan fingerprint density at radius 2 is 2.12 bits per heavy atom. The summed E-state index contributed by atoms with van der Waals surface area (Å²) in [6.45, 7) is 3.27. The number of halogens is 2. The van der Waals surface area contributed by atoms with Gasteiger partial charge in [0.25, 0.3) is 0 Å². The van der Waals surface area contributed by atoms with Crippen molar-refractivity contribution >= 4 is 0 Å². The summed E-state index contributed by atoms with van der Waals surface area (Å²) in [6, 6.07) is 4.89. The fraction of sp³-hybridized carbons (Fsp3) is 0.417. The monoisotopic (exact) mass is 225 g/mol. The van der Waals surface area contributed by atoms with Crippen LogP contribution in [0.4, 0.5) is 8.78 Å². The minimum absolute atomic E-state index is 0.0488. The number of aliphatic hydroxyl groups is 1. The molecule has 0 aliphatic heterocycles. The Kier molecular flexibility index (Phi) is 3.61. The fourth-order valence-corrected chi connectivity index (χ4v) is 1.40. The molecule has 0 radical (unpaired) electrons. The number of rotatable bonds is 3. The molecule has 0 fully saturated rings. The predicted molar refractivity (Wildman–Crippen MR) is 55.3 cm³/mol. The van der Waals surface area contributed by atoms with Crippen LogP contribution in [0.1, 0.15) is 31.9 Å². The maximum absolute atomic E-state index is 13.4. The summed E-state index contributed by atoms with van der Waals surface area (Å²) in [6.07, 6.45) is -0.885. The molecule has 0 heterocycles. The van der Waals surface area contributed by atoms with Crippen molar-refractivity contribution in [3.63, 3.8) is 0 Å². The van der Waals surface area contributed by atoms with Crippen LogP contribution in [0.5, 0.6) is 0 Å². The molecule has 86 valence electrons. The van der Waals surface area contributed by atoms with Crippen LogP contribution in [0.15, 0.2) is 18.2 Å². The normalized spacial score (nSPS) is 16.2. The van der Waals surface area contributed by atoms with Gasteiger partial charge in [0.2, 0.25) is 0 Å². The van der Waals surface area contributed by atoms with Crippen molar-refractivity contribution in [2.75, 3.05) is 0 Å². The van der Waals surface area contributed by atoms with Gasteiger partial charge >= 0.3 is 0 Å². The van der Waals surface area contributed by atoms with Crippen LogP contribution in [0.2, 0.25) is 0 Å². The van der Waals surface area contributed by atoms with Gasteiger partial charge in [0.15, 0.2) is 0 Å². The standard InChI is InChI=1S/C12H13F2NO/c1-3-12(2,7-15)11(16)9-5-4-8(13)6-10(9)14/h4-6,11,16H,3H2,1-2H3. The van der Waals surface area contributed by atoms with Crippen LogP contribution < -0.4 is 0 Å². The van der Waals surface area contributed by atoms with Gasteiger partial charge in [0.1, 0.15) is 17.7 Å². The highest BCUT2D eigenvalue weighted by atomic mass is 19.1. The van der Waals surface area contributed by atoms with Gasteiger partial charge in [-0.3, -0.25) is 0 Å². The van der Waals surface area contributed by atoms with Crippen LogP contribution in [0.25, 0.3) is 0 Å². The predicted octanol–water partition coefficient (Wildman–Crippen LogP) is 2.94. The summed E-state index contributed by atoms with van der Waals surface area (Å²) in [5.74, 6) is -1.54. The molecule has 0 bridgehead atoms. The van der Waals surface area contributed by atoms with Gasteiger partial charge in [-0.05, 0) is 19.4 Å². The van der Waals surface area contributed by atoms with Crippen molar-refractivity contribution in [3.8, 4) is 6.07 Å². The van der Waals surface area contributed by atoms with Crippen LogP contribution in [-0.4, -0.2) is 5.11 Å². The Hall–Kier alpha value is -1.47. The fourth-order valence-electron chi connectivity index (χ4n) is 1.40. The molecule has 0 saturated heterocycles. The van der Waals surface area contributed by atoms with Gasteiger partial charge in [-0.2, -0.15) is 5.26 Å². The van der Waals surface area contributed by atoms with Gasteiger partial charge in [-0.1, -0.05) is 13.0 Å². The van der Waals surface area contributed by atoms with E-state index in [1.54, 1.807) is 13.8 Å². The van der Waals surface area contributed by atoms with Crippen LogP contribution in [0.3, 0.4) is 0 Å². The second-order valence-electron chi connectivity index (χ2n) is 3.95. The SMILES string of the molecule is CCC(C)(C#N)C(O)c1ccc(F)cc1F. The summed E-state index contributed by atoms with van der Waals surface area (Å²) < 4.78 is 26.1. The van der Waals surface area contributed by atoms with E-state index in [0.29, 0.717) is 12.5 Å². The zero-order chi connectivity index (χ0) is 12.3. The Labute approximate surface area is 93.1 Å². The summed E-state index contributed by atoms with van der Waals surface area (Å²) in [5.41, 5.74) is -1.12. The third-order valence-electron chi connectivity index (χ3n) is 2.85. The number of benzene rings is 1. The van der Waals surface area contributed by atoms with Crippen molar-refractivity contribution in [2.45, 2.75) is 26.4 Å². The van der Waals surface area contributed by atoms with Gasteiger partial charge in [-0.25, -0.2) is 8.78 Å². The Morgan fingerprint density at radius 3 is 2.56 bits per heavy atom. The molecule has 16 heavy (non-hydrogen) atoms. The number of hydrogen-bond acceptors (Lipinski definition) is 2. The lowest BCUT2D eigenvalue weighted by Gasteiger charge is -2.26. The smallest absolute Gasteiger partial charge is 0.131 e. The average molecular weight is 225 g/mol. The lowest BCUT2D eigenvalue weighted by Crippen LogP contribution is -2.23. The van der Waals surface area contributed by atoms with Crippen molar-refractivity contribution in [1.82, 2.24) is 0 Å². The van der Waals surface area contributed by atoms with Crippen LogP contribution in [-0.2, 0) is 0 Å². The molecule has 2 nitrogen and oxygen atoms in total. The average Bonchev–Trinajstić information content (AvgIpc) is 2.27. The zero-order valence-corrected chi connectivity index (χ0v) is 9.17. The highest BCUT2D eigenvalue weighted by Crippen LogP contribution is 2.37. The van der Waals surface area contributed by atoms with Crippen molar-refractivity contribution in [1.29, 1.82) is 5.26 Å². The number of aliphatic hydroxyl groups excluding tert-OH is 1. The molecule has 2 atom stereocenters. The molecule has 2 unspecified atom stereocenters. The second kappa shape index (κ2) is 4.58. The van der Waals surface area contributed by atoms with E-state index in [-0.39, 0.29) is 5.56 Å². The van der Waals surface area contributed by atoms with Crippen molar-refractivity contribution in [3.05, 3.63) is 35.4 Å². The lowest BCUT2D eigenvalue weighted by molar-refractivity contribution is 0.0688. The van der Waals surface area contributed by atoms with Gasteiger partial charge in [0, 0.05) is 11.6 Å². The second-order valence-corrected chi connectivity index (χ2v) is 3.95. The Morgan fingerprint density at radius 1 is 1.50 bits per heavy atom. The summed E-state index contributed by atoms with van der Waals surface area (Å²) in [5, 5.41) is 18.9. The summed E-state index contributed by atoms with van der Waals surface area (Å²) in [4.78, 5) is 0. The van der Waals surface area contributed by atoms with Crippen LogP contribution >= 0.6 is 0 Å². The van der Waals surface area contributed by atoms with E-state index >= 15 is 0 Å². The van der Waals surface area contributed by atoms with Crippen molar-refractivity contribution in [2.24, 2.45) is 5.41 Å². The summed E-state index contributed by atoms with van der Waals surface area (Å²) in [7, 11) is 0. The third-order valence-corrected chi connectivity index (χ3v) is 2.85. The first-order chi connectivity index (χ1) is 7.44. The molecule has 0 spiro atoms. The lowest BCUT2D eigenvalue weighted by atomic mass is 9.80. The molecular formula is C12H13F2NO. The topological polar surface area (TPSA) is 44.0 Å². The quantitative estimate of drug-likeness (QED) is 0.859. The number of nitriles is 1. The molecule has 1 N–H and O–H groups in total. The van der Waals surface area contributed by atoms with E-state index in [0.717, 1.165) is 6.07 Å². The van der Waals surface area contributed by atoms with Gasteiger partial charge in [-0.15, -0.1) is 0 Å². The number of nitrogens with zero attached hydrogens (tertiary/aromatic N) is 1.